The van der Waals surface area contributed by atoms with E-state index in [-0.39, 0.29) is 30.2 Å². The standard InChI is InChI=1S/C12H16N4OS.2ClH/c13-5-4-12-16(11(8-18-12)15-9-17)7-10-3-1-2-6-14-10;;/h1-3,6,8-9,12H,4-5,7,13H2,(H,15,17);2*1H. The quantitative estimate of drug-likeness (QED) is 0.773. The average Bonchev–Trinajstić information content (AvgIpc) is 2.75. The number of aromatic nitrogens is 1. The Morgan fingerprint density at radius 2 is 2.25 bits per heavy atom. The number of nitrogens with two attached hydrogens (primary N) is 1. The molecule has 1 aliphatic heterocycles. The second-order valence-electron chi connectivity index (χ2n) is 3.88. The van der Waals surface area contributed by atoms with E-state index in [1.807, 2.05) is 23.6 Å². The maximum atomic E-state index is 10.6. The molecule has 2 heterocycles. The third-order valence-corrected chi connectivity index (χ3v) is 3.84. The molecule has 1 amide bonds. The van der Waals surface area contributed by atoms with Crippen molar-refractivity contribution in [3.8, 4) is 0 Å². The first-order chi connectivity index (χ1) is 8.85. The molecule has 1 aromatic heterocycles. The van der Waals surface area contributed by atoms with Gasteiger partial charge in [0.15, 0.2) is 0 Å². The number of amides is 1. The first-order valence-electron chi connectivity index (χ1n) is 5.77. The van der Waals surface area contributed by atoms with Crippen LogP contribution in [0.4, 0.5) is 0 Å². The molecule has 8 heteroatoms. The van der Waals surface area contributed by atoms with Crippen molar-refractivity contribution in [3.63, 3.8) is 0 Å². The Kier molecular flexibility index (Phi) is 9.41. The molecular weight excluding hydrogens is 319 g/mol. The normalized spacial score (nSPS) is 16.8. The maximum absolute atomic E-state index is 10.6. The molecule has 0 fully saturated rings. The summed E-state index contributed by atoms with van der Waals surface area (Å²) in [6.07, 6.45) is 3.34. The summed E-state index contributed by atoms with van der Waals surface area (Å²) < 4.78 is 0. The molecule has 0 saturated heterocycles. The molecule has 0 radical (unpaired) electrons. The van der Waals surface area contributed by atoms with Crippen LogP contribution in [0.3, 0.4) is 0 Å². The van der Waals surface area contributed by atoms with E-state index in [0.717, 1.165) is 17.9 Å². The van der Waals surface area contributed by atoms with Crippen molar-refractivity contribution in [3.05, 3.63) is 41.3 Å². The van der Waals surface area contributed by atoms with Gasteiger partial charge < -0.3 is 16.0 Å². The molecule has 1 atom stereocenters. The zero-order chi connectivity index (χ0) is 12.8. The minimum atomic E-state index is 0. The van der Waals surface area contributed by atoms with Crippen LogP contribution in [0, 0.1) is 0 Å². The summed E-state index contributed by atoms with van der Waals surface area (Å²) in [6.45, 7) is 1.30. The number of carbonyl (C=O) groups is 1. The van der Waals surface area contributed by atoms with Gasteiger partial charge in [-0.05, 0) is 25.1 Å². The molecule has 0 spiro atoms. The molecule has 1 aliphatic rings. The Morgan fingerprint density at radius 3 is 2.85 bits per heavy atom. The summed E-state index contributed by atoms with van der Waals surface area (Å²) in [6, 6.07) is 5.82. The number of nitrogens with zero attached hydrogens (tertiary/aromatic N) is 2. The summed E-state index contributed by atoms with van der Waals surface area (Å²) in [7, 11) is 0. The predicted molar refractivity (Wildman–Crippen MR) is 86.6 cm³/mol. The van der Waals surface area contributed by atoms with Crippen LogP contribution in [0.1, 0.15) is 12.1 Å². The number of hydrogen-bond donors (Lipinski definition) is 2. The van der Waals surface area contributed by atoms with Gasteiger partial charge in [0, 0.05) is 11.6 Å². The summed E-state index contributed by atoms with van der Waals surface area (Å²) in [4.78, 5) is 17.0. The van der Waals surface area contributed by atoms with E-state index >= 15 is 0 Å². The first-order valence-corrected chi connectivity index (χ1v) is 6.72. The van der Waals surface area contributed by atoms with E-state index in [9.17, 15) is 4.79 Å². The maximum Gasteiger partial charge on any atom is 0.212 e. The topological polar surface area (TPSA) is 71.2 Å². The van der Waals surface area contributed by atoms with Crippen LogP contribution in [0.15, 0.2) is 35.6 Å². The Hall–Kier alpha value is -0.950. The SMILES string of the molecule is Cl.Cl.NCCC1SC=C(NC=O)N1Cc1ccccn1. The highest BCUT2D eigenvalue weighted by atomic mass is 35.5. The van der Waals surface area contributed by atoms with Gasteiger partial charge in [0.1, 0.15) is 5.82 Å². The zero-order valence-electron chi connectivity index (χ0n) is 10.8. The number of hydrogen-bond acceptors (Lipinski definition) is 5. The van der Waals surface area contributed by atoms with E-state index in [1.54, 1.807) is 18.0 Å². The van der Waals surface area contributed by atoms with Gasteiger partial charge in [-0.15, -0.1) is 36.6 Å². The number of carbonyl (C=O) groups excluding carboxylic acids is 1. The van der Waals surface area contributed by atoms with Gasteiger partial charge in [0.25, 0.3) is 0 Å². The number of halogens is 2. The Labute approximate surface area is 135 Å². The molecule has 3 N–H and O–H groups in total. The fraction of sp³-hybridized carbons (Fsp3) is 0.333. The lowest BCUT2D eigenvalue weighted by Crippen LogP contribution is -2.35. The molecule has 2 rings (SSSR count). The third-order valence-electron chi connectivity index (χ3n) is 2.67. The first kappa shape index (κ1) is 19.1. The molecule has 0 aliphatic carbocycles. The summed E-state index contributed by atoms with van der Waals surface area (Å²) in [5.41, 5.74) is 6.59. The van der Waals surface area contributed by atoms with Crippen LogP contribution in [0.25, 0.3) is 0 Å². The second-order valence-corrected chi connectivity index (χ2v) is 4.93. The van der Waals surface area contributed by atoms with Crippen molar-refractivity contribution in [1.82, 2.24) is 15.2 Å². The number of pyridine rings is 1. The van der Waals surface area contributed by atoms with Gasteiger partial charge in [-0.25, -0.2) is 0 Å². The van der Waals surface area contributed by atoms with Gasteiger partial charge in [0.2, 0.25) is 6.41 Å². The molecule has 0 bridgehead atoms. The third kappa shape index (κ3) is 4.86. The van der Waals surface area contributed by atoms with Crippen molar-refractivity contribution < 1.29 is 4.79 Å². The van der Waals surface area contributed by atoms with Crippen LogP contribution in [0.2, 0.25) is 0 Å². The minimum absolute atomic E-state index is 0. The summed E-state index contributed by atoms with van der Waals surface area (Å²) in [5.74, 6) is 0.819. The van der Waals surface area contributed by atoms with Gasteiger partial charge in [0.05, 0.1) is 17.6 Å². The molecule has 20 heavy (non-hydrogen) atoms. The lowest BCUT2D eigenvalue weighted by Gasteiger charge is -2.27. The largest absolute Gasteiger partial charge is 0.339 e. The van der Waals surface area contributed by atoms with Crippen LogP contribution >= 0.6 is 36.6 Å². The summed E-state index contributed by atoms with van der Waals surface area (Å²) in [5, 5.41) is 4.94. The second kappa shape index (κ2) is 9.88. The Balaban J connectivity index is 0.00000180. The van der Waals surface area contributed by atoms with Crippen LogP contribution in [0.5, 0.6) is 0 Å². The molecular formula is C12H18Cl2N4OS. The average molecular weight is 337 g/mol. The molecule has 5 nitrogen and oxygen atoms in total. The molecule has 0 aromatic carbocycles. The zero-order valence-corrected chi connectivity index (χ0v) is 13.2. The highest BCUT2D eigenvalue weighted by molar-refractivity contribution is 8.02. The van der Waals surface area contributed by atoms with Crippen molar-refractivity contribution in [2.45, 2.75) is 18.3 Å². The highest BCUT2D eigenvalue weighted by Gasteiger charge is 2.26. The van der Waals surface area contributed by atoms with E-state index in [0.29, 0.717) is 19.5 Å². The smallest absolute Gasteiger partial charge is 0.212 e. The molecule has 1 unspecified atom stereocenters. The fourth-order valence-electron chi connectivity index (χ4n) is 1.84. The van der Waals surface area contributed by atoms with Gasteiger partial charge in [-0.2, -0.15) is 0 Å². The lowest BCUT2D eigenvalue weighted by atomic mass is 10.3. The Morgan fingerprint density at radius 1 is 1.45 bits per heavy atom. The highest BCUT2D eigenvalue weighted by Crippen LogP contribution is 2.32. The number of nitrogens with one attached hydrogen (secondary N) is 1. The van der Waals surface area contributed by atoms with Crippen molar-refractivity contribution in [2.24, 2.45) is 5.73 Å². The van der Waals surface area contributed by atoms with E-state index in [1.165, 1.54) is 0 Å². The minimum Gasteiger partial charge on any atom is -0.339 e. The Bertz CT molecular complexity index is 433. The van der Waals surface area contributed by atoms with Crippen LogP contribution in [-0.4, -0.2) is 28.2 Å². The number of thioether (sulfide) groups is 1. The predicted octanol–water partition coefficient (Wildman–Crippen LogP) is 1.69. The van der Waals surface area contributed by atoms with Crippen molar-refractivity contribution >= 4 is 43.0 Å². The van der Waals surface area contributed by atoms with Crippen LogP contribution in [-0.2, 0) is 11.3 Å². The van der Waals surface area contributed by atoms with E-state index in [2.05, 4.69) is 15.2 Å². The molecule has 1 aromatic rings. The number of rotatable bonds is 6. The molecule has 0 saturated carbocycles. The fourth-order valence-corrected chi connectivity index (χ4v) is 2.93. The van der Waals surface area contributed by atoms with Gasteiger partial charge in [-0.3, -0.25) is 9.78 Å². The van der Waals surface area contributed by atoms with Crippen molar-refractivity contribution in [1.29, 1.82) is 0 Å². The van der Waals surface area contributed by atoms with E-state index in [4.69, 9.17) is 5.73 Å². The van der Waals surface area contributed by atoms with Crippen molar-refractivity contribution in [2.75, 3.05) is 6.54 Å². The lowest BCUT2D eigenvalue weighted by molar-refractivity contribution is -0.109. The van der Waals surface area contributed by atoms with Crippen LogP contribution < -0.4 is 11.1 Å². The monoisotopic (exact) mass is 336 g/mol. The van der Waals surface area contributed by atoms with E-state index < -0.39 is 0 Å². The summed E-state index contributed by atoms with van der Waals surface area (Å²) >= 11 is 1.68. The van der Waals surface area contributed by atoms with Gasteiger partial charge in [-0.1, -0.05) is 6.07 Å². The molecule has 112 valence electrons. The van der Waals surface area contributed by atoms with Gasteiger partial charge >= 0.3 is 0 Å².